The van der Waals surface area contributed by atoms with Crippen LogP contribution in [0, 0.1) is 27.7 Å². The Hall–Kier alpha value is -2.05. The van der Waals surface area contributed by atoms with Crippen LogP contribution in [0.15, 0.2) is 12.1 Å². The molecule has 0 heterocycles. The Morgan fingerprint density at radius 2 is 2.05 bits per heavy atom. The maximum Gasteiger partial charge on any atom is 0.305 e. The third-order valence-corrected chi connectivity index (χ3v) is 3.52. The van der Waals surface area contributed by atoms with Gasteiger partial charge in [-0.05, 0) is 38.7 Å². The number of nitrogens with zero attached hydrogens (tertiary/aromatic N) is 2. The van der Waals surface area contributed by atoms with Crippen LogP contribution in [0.1, 0.15) is 37.0 Å². The molecule has 1 aliphatic carbocycles. The van der Waals surface area contributed by atoms with Crippen LogP contribution < -0.4 is 0 Å². The van der Waals surface area contributed by atoms with Crippen LogP contribution in [-0.4, -0.2) is 28.3 Å². The van der Waals surface area contributed by atoms with Crippen molar-refractivity contribution in [1.29, 1.82) is 0 Å². The molecular weight excluding hydrogens is 282 g/mol. The molecular formula is C14H16F2N2O3. The van der Waals surface area contributed by atoms with Gasteiger partial charge in [0.1, 0.15) is 11.4 Å². The maximum absolute atomic E-state index is 14.1. The van der Waals surface area contributed by atoms with Gasteiger partial charge in [0.2, 0.25) is 5.82 Å². The van der Waals surface area contributed by atoms with Gasteiger partial charge in [0, 0.05) is 18.7 Å². The van der Waals surface area contributed by atoms with Crippen molar-refractivity contribution < 1.29 is 18.5 Å². The Morgan fingerprint density at radius 3 is 2.52 bits per heavy atom. The fourth-order valence-corrected chi connectivity index (χ4v) is 2.13. The van der Waals surface area contributed by atoms with Crippen LogP contribution in [0.2, 0.25) is 0 Å². The molecule has 1 aromatic rings. The first-order valence-electron chi connectivity index (χ1n) is 6.76. The van der Waals surface area contributed by atoms with Crippen molar-refractivity contribution in [2.75, 3.05) is 6.54 Å². The zero-order valence-corrected chi connectivity index (χ0v) is 11.8. The van der Waals surface area contributed by atoms with Crippen LogP contribution in [0.5, 0.6) is 0 Å². The summed E-state index contributed by atoms with van der Waals surface area (Å²) in [4.78, 5) is 23.5. The SMILES string of the molecule is CC(C)N(CC1CC1)C(=O)c1c(F)ccc([N+](=O)[O-])c1F. The van der Waals surface area contributed by atoms with Gasteiger partial charge < -0.3 is 4.90 Å². The van der Waals surface area contributed by atoms with E-state index in [-0.39, 0.29) is 6.04 Å². The average molecular weight is 298 g/mol. The molecule has 0 aromatic heterocycles. The fraction of sp³-hybridized carbons (Fsp3) is 0.500. The summed E-state index contributed by atoms with van der Waals surface area (Å²) in [5.74, 6) is -2.98. The molecule has 0 radical (unpaired) electrons. The standard InChI is InChI=1S/C14H16F2N2O3/c1-8(2)17(7-9-3-4-9)14(19)12-10(15)5-6-11(13(12)16)18(20)21/h5-6,8-9H,3-4,7H2,1-2H3. The molecule has 0 bridgehead atoms. The van der Waals surface area contributed by atoms with Crippen molar-refractivity contribution in [3.05, 3.63) is 39.4 Å². The Bertz CT molecular complexity index is 586. The fourth-order valence-electron chi connectivity index (χ4n) is 2.13. The highest BCUT2D eigenvalue weighted by molar-refractivity contribution is 5.95. The van der Waals surface area contributed by atoms with E-state index in [1.807, 2.05) is 0 Å². The Morgan fingerprint density at radius 1 is 1.43 bits per heavy atom. The highest BCUT2D eigenvalue weighted by atomic mass is 19.1. The van der Waals surface area contributed by atoms with Gasteiger partial charge in [-0.2, -0.15) is 4.39 Å². The maximum atomic E-state index is 14.1. The predicted octanol–water partition coefficient (Wildman–Crippen LogP) is 3.13. The first-order valence-corrected chi connectivity index (χ1v) is 6.76. The highest BCUT2D eigenvalue weighted by Crippen LogP contribution is 2.32. The summed E-state index contributed by atoms with van der Waals surface area (Å²) in [6.07, 6.45) is 1.97. The van der Waals surface area contributed by atoms with E-state index in [0.29, 0.717) is 12.5 Å². The van der Waals surface area contributed by atoms with Crippen LogP contribution in [0.3, 0.4) is 0 Å². The lowest BCUT2D eigenvalue weighted by atomic mass is 10.1. The third-order valence-electron chi connectivity index (χ3n) is 3.52. The van der Waals surface area contributed by atoms with Crippen molar-refractivity contribution in [3.63, 3.8) is 0 Å². The average Bonchev–Trinajstić information content (AvgIpc) is 3.18. The molecule has 21 heavy (non-hydrogen) atoms. The van der Waals surface area contributed by atoms with Crippen molar-refractivity contribution in [2.45, 2.75) is 32.7 Å². The van der Waals surface area contributed by atoms with Gasteiger partial charge in [-0.3, -0.25) is 14.9 Å². The number of carbonyl (C=O) groups is 1. The topological polar surface area (TPSA) is 63.5 Å². The lowest BCUT2D eigenvalue weighted by Crippen LogP contribution is -2.39. The van der Waals surface area contributed by atoms with Crippen molar-refractivity contribution in [2.24, 2.45) is 5.92 Å². The number of amides is 1. The summed E-state index contributed by atoms with van der Waals surface area (Å²) >= 11 is 0. The van der Waals surface area contributed by atoms with E-state index in [4.69, 9.17) is 0 Å². The monoisotopic (exact) mass is 298 g/mol. The largest absolute Gasteiger partial charge is 0.336 e. The molecule has 1 aliphatic rings. The number of carbonyl (C=O) groups excluding carboxylic acids is 1. The second-order valence-electron chi connectivity index (χ2n) is 5.51. The summed E-state index contributed by atoms with van der Waals surface area (Å²) in [6, 6.07) is 1.24. The molecule has 1 saturated carbocycles. The highest BCUT2D eigenvalue weighted by Gasteiger charge is 2.33. The van der Waals surface area contributed by atoms with Crippen molar-refractivity contribution in [3.8, 4) is 0 Å². The smallest absolute Gasteiger partial charge is 0.305 e. The van der Waals surface area contributed by atoms with E-state index < -0.39 is 33.7 Å². The van der Waals surface area contributed by atoms with Gasteiger partial charge >= 0.3 is 5.69 Å². The summed E-state index contributed by atoms with van der Waals surface area (Å²) in [5.41, 5.74) is -1.74. The zero-order chi connectivity index (χ0) is 15.7. The molecule has 0 atom stereocenters. The van der Waals surface area contributed by atoms with E-state index in [0.717, 1.165) is 25.0 Å². The number of nitro benzene ring substituents is 1. The third kappa shape index (κ3) is 3.17. The van der Waals surface area contributed by atoms with Gasteiger partial charge in [0.05, 0.1) is 4.92 Å². The minimum atomic E-state index is -1.41. The van der Waals surface area contributed by atoms with Gasteiger partial charge in [-0.25, -0.2) is 4.39 Å². The molecule has 7 heteroatoms. The van der Waals surface area contributed by atoms with Crippen LogP contribution in [0.4, 0.5) is 14.5 Å². The van der Waals surface area contributed by atoms with Crippen molar-refractivity contribution in [1.82, 2.24) is 4.90 Å². The van der Waals surface area contributed by atoms with E-state index in [1.54, 1.807) is 13.8 Å². The zero-order valence-electron chi connectivity index (χ0n) is 11.8. The quantitative estimate of drug-likeness (QED) is 0.619. The van der Waals surface area contributed by atoms with E-state index in [9.17, 15) is 23.7 Å². The summed E-state index contributed by atoms with van der Waals surface area (Å²) in [6.45, 7) is 3.90. The summed E-state index contributed by atoms with van der Waals surface area (Å²) in [5, 5.41) is 10.7. The molecule has 1 amide bonds. The number of nitro groups is 1. The number of rotatable bonds is 5. The normalized spacial score (nSPS) is 14.3. The minimum Gasteiger partial charge on any atom is -0.336 e. The van der Waals surface area contributed by atoms with E-state index in [1.165, 1.54) is 4.90 Å². The molecule has 0 N–H and O–H groups in total. The number of hydrogen-bond donors (Lipinski definition) is 0. The van der Waals surface area contributed by atoms with E-state index in [2.05, 4.69) is 0 Å². The minimum absolute atomic E-state index is 0.240. The molecule has 0 aliphatic heterocycles. The Kier molecular flexibility index (Phi) is 4.20. The van der Waals surface area contributed by atoms with Gasteiger partial charge in [0.15, 0.2) is 0 Å². The lowest BCUT2D eigenvalue weighted by molar-refractivity contribution is -0.387. The molecule has 0 spiro atoms. The molecule has 114 valence electrons. The van der Waals surface area contributed by atoms with E-state index >= 15 is 0 Å². The Labute approximate surface area is 120 Å². The second-order valence-corrected chi connectivity index (χ2v) is 5.51. The molecule has 1 aromatic carbocycles. The van der Waals surface area contributed by atoms with Crippen LogP contribution in [-0.2, 0) is 0 Å². The van der Waals surface area contributed by atoms with Crippen molar-refractivity contribution >= 4 is 11.6 Å². The molecule has 5 nitrogen and oxygen atoms in total. The second kappa shape index (κ2) is 5.75. The molecule has 1 fully saturated rings. The number of benzene rings is 1. The number of hydrogen-bond acceptors (Lipinski definition) is 3. The summed E-state index contributed by atoms with van der Waals surface area (Å²) in [7, 11) is 0. The predicted molar refractivity (Wildman–Crippen MR) is 71.9 cm³/mol. The lowest BCUT2D eigenvalue weighted by Gasteiger charge is -2.27. The Balaban J connectivity index is 2.40. The molecule has 2 rings (SSSR count). The first-order chi connectivity index (χ1) is 9.82. The van der Waals surface area contributed by atoms with Crippen LogP contribution in [0.25, 0.3) is 0 Å². The van der Waals surface area contributed by atoms with Gasteiger partial charge in [-0.15, -0.1) is 0 Å². The van der Waals surface area contributed by atoms with Gasteiger partial charge in [0.25, 0.3) is 5.91 Å². The van der Waals surface area contributed by atoms with Gasteiger partial charge in [-0.1, -0.05) is 0 Å². The molecule has 0 unspecified atom stereocenters. The first kappa shape index (κ1) is 15.3. The molecule has 0 saturated heterocycles. The van der Waals surface area contributed by atoms with Crippen LogP contribution >= 0.6 is 0 Å². The number of halogens is 2. The summed E-state index contributed by atoms with van der Waals surface area (Å²) < 4.78 is 27.9.